The average Bonchev–Trinajstić information content (AvgIpc) is 2.90. The van der Waals surface area contributed by atoms with Gasteiger partial charge in [0.1, 0.15) is 0 Å². The summed E-state index contributed by atoms with van der Waals surface area (Å²) in [5, 5.41) is 7.27. The smallest absolute Gasteiger partial charge is 0.240 e. The molecule has 3 rings (SSSR count). The van der Waals surface area contributed by atoms with Crippen LogP contribution in [0.4, 0.5) is 0 Å². The van der Waals surface area contributed by atoms with E-state index in [0.717, 1.165) is 31.5 Å². The molecule has 6 nitrogen and oxygen atoms in total. The van der Waals surface area contributed by atoms with Crippen molar-refractivity contribution in [1.82, 2.24) is 25.4 Å². The van der Waals surface area contributed by atoms with Crippen LogP contribution in [-0.4, -0.2) is 33.2 Å². The van der Waals surface area contributed by atoms with Gasteiger partial charge in [0.15, 0.2) is 0 Å². The largest absolute Gasteiger partial charge is 0.339 e. The van der Waals surface area contributed by atoms with Crippen molar-refractivity contribution in [1.29, 1.82) is 0 Å². The number of hydrogen-bond acceptors (Lipinski definition) is 6. The first-order valence-electron chi connectivity index (χ1n) is 6.16. The summed E-state index contributed by atoms with van der Waals surface area (Å²) in [6.07, 6.45) is 5.58. The standard InChI is InChI=1S/C12H15N5O/c1-8-6-14-10(15-7-8)11-16-12(18-17-11)9-2-4-13-5-3-9/h6-7,9,13H,2-5H2,1H3. The molecule has 94 valence electrons. The highest BCUT2D eigenvalue weighted by atomic mass is 16.5. The van der Waals surface area contributed by atoms with E-state index in [2.05, 4.69) is 25.4 Å². The third-order valence-electron chi connectivity index (χ3n) is 3.11. The molecule has 0 spiro atoms. The lowest BCUT2D eigenvalue weighted by Gasteiger charge is -2.18. The Balaban J connectivity index is 1.82. The van der Waals surface area contributed by atoms with E-state index in [1.54, 1.807) is 12.4 Å². The quantitative estimate of drug-likeness (QED) is 0.859. The molecule has 0 atom stereocenters. The minimum atomic E-state index is 0.359. The van der Waals surface area contributed by atoms with Gasteiger partial charge in [-0.05, 0) is 38.4 Å². The minimum absolute atomic E-state index is 0.359. The van der Waals surface area contributed by atoms with Gasteiger partial charge in [-0.3, -0.25) is 0 Å². The number of nitrogens with zero attached hydrogens (tertiary/aromatic N) is 4. The van der Waals surface area contributed by atoms with E-state index < -0.39 is 0 Å². The molecule has 1 N–H and O–H groups in total. The number of aromatic nitrogens is 4. The van der Waals surface area contributed by atoms with E-state index >= 15 is 0 Å². The highest BCUT2D eigenvalue weighted by molar-refractivity contribution is 5.41. The van der Waals surface area contributed by atoms with Crippen molar-refractivity contribution in [2.24, 2.45) is 0 Å². The van der Waals surface area contributed by atoms with Crippen molar-refractivity contribution in [2.75, 3.05) is 13.1 Å². The molecule has 0 radical (unpaired) electrons. The van der Waals surface area contributed by atoms with E-state index in [-0.39, 0.29) is 0 Å². The van der Waals surface area contributed by atoms with Crippen molar-refractivity contribution in [3.8, 4) is 11.6 Å². The lowest BCUT2D eigenvalue weighted by atomic mass is 9.98. The third-order valence-corrected chi connectivity index (χ3v) is 3.11. The number of piperidine rings is 1. The van der Waals surface area contributed by atoms with Gasteiger partial charge < -0.3 is 9.84 Å². The highest BCUT2D eigenvalue weighted by Gasteiger charge is 2.22. The molecule has 0 aliphatic carbocycles. The van der Waals surface area contributed by atoms with Crippen LogP contribution in [0.25, 0.3) is 11.6 Å². The molecule has 6 heteroatoms. The maximum absolute atomic E-state index is 5.32. The Labute approximate surface area is 105 Å². The Kier molecular flexibility index (Phi) is 3.02. The van der Waals surface area contributed by atoms with E-state index in [1.165, 1.54) is 0 Å². The molecule has 1 aliphatic rings. The van der Waals surface area contributed by atoms with E-state index in [1.807, 2.05) is 6.92 Å². The first kappa shape index (κ1) is 11.3. The zero-order valence-corrected chi connectivity index (χ0v) is 10.3. The molecule has 0 unspecified atom stereocenters. The molecule has 2 aromatic rings. The second-order valence-corrected chi connectivity index (χ2v) is 4.56. The first-order valence-corrected chi connectivity index (χ1v) is 6.16. The van der Waals surface area contributed by atoms with Gasteiger partial charge in [0.2, 0.25) is 17.5 Å². The SMILES string of the molecule is Cc1cnc(-c2noc(C3CCNCC3)n2)nc1. The zero-order valence-electron chi connectivity index (χ0n) is 10.3. The van der Waals surface area contributed by atoms with Crippen LogP contribution in [0.5, 0.6) is 0 Å². The van der Waals surface area contributed by atoms with Crippen molar-refractivity contribution in [2.45, 2.75) is 25.7 Å². The first-order chi connectivity index (χ1) is 8.83. The van der Waals surface area contributed by atoms with Crippen LogP contribution in [-0.2, 0) is 0 Å². The molecule has 1 saturated heterocycles. The molecule has 2 aromatic heterocycles. The summed E-state index contributed by atoms with van der Waals surface area (Å²) >= 11 is 0. The van der Waals surface area contributed by atoms with Gasteiger partial charge in [0, 0.05) is 18.3 Å². The maximum Gasteiger partial charge on any atom is 0.240 e. The minimum Gasteiger partial charge on any atom is -0.339 e. The second kappa shape index (κ2) is 4.81. The van der Waals surface area contributed by atoms with Gasteiger partial charge in [-0.25, -0.2) is 9.97 Å². The van der Waals surface area contributed by atoms with Gasteiger partial charge in [0.05, 0.1) is 0 Å². The van der Waals surface area contributed by atoms with Gasteiger partial charge >= 0.3 is 0 Å². The molecule has 0 bridgehead atoms. The summed E-state index contributed by atoms with van der Waals surface area (Å²) < 4.78 is 5.32. The zero-order chi connectivity index (χ0) is 12.4. The van der Waals surface area contributed by atoms with Crippen LogP contribution in [0.2, 0.25) is 0 Å². The lowest BCUT2D eigenvalue weighted by Crippen LogP contribution is -2.26. The Morgan fingerprint density at radius 2 is 1.89 bits per heavy atom. The van der Waals surface area contributed by atoms with Crippen molar-refractivity contribution in [3.63, 3.8) is 0 Å². The molecular weight excluding hydrogens is 230 g/mol. The normalized spacial score (nSPS) is 16.9. The second-order valence-electron chi connectivity index (χ2n) is 4.56. The van der Waals surface area contributed by atoms with Crippen LogP contribution in [0, 0.1) is 6.92 Å². The molecule has 1 fully saturated rings. The van der Waals surface area contributed by atoms with E-state index in [9.17, 15) is 0 Å². The van der Waals surface area contributed by atoms with Crippen molar-refractivity contribution >= 4 is 0 Å². The molecule has 1 aliphatic heterocycles. The number of aryl methyl sites for hydroxylation is 1. The highest BCUT2D eigenvalue weighted by Crippen LogP contribution is 2.24. The topological polar surface area (TPSA) is 76.7 Å². The van der Waals surface area contributed by atoms with Gasteiger partial charge in [0.25, 0.3) is 0 Å². The number of rotatable bonds is 2. The summed E-state index contributed by atoms with van der Waals surface area (Å²) in [7, 11) is 0. The predicted octanol–water partition coefficient (Wildman–Crippen LogP) is 1.30. The van der Waals surface area contributed by atoms with Gasteiger partial charge in [-0.1, -0.05) is 5.16 Å². The van der Waals surface area contributed by atoms with Crippen LogP contribution in [0.1, 0.15) is 30.2 Å². The Morgan fingerprint density at radius 3 is 2.61 bits per heavy atom. The molecular formula is C12H15N5O. The van der Waals surface area contributed by atoms with Crippen molar-refractivity contribution in [3.05, 3.63) is 23.8 Å². The lowest BCUT2D eigenvalue weighted by molar-refractivity contribution is 0.320. The monoisotopic (exact) mass is 245 g/mol. The van der Waals surface area contributed by atoms with E-state index in [4.69, 9.17) is 4.52 Å². The molecule has 0 saturated carbocycles. The van der Waals surface area contributed by atoms with Crippen LogP contribution in [0.15, 0.2) is 16.9 Å². The fourth-order valence-corrected chi connectivity index (χ4v) is 2.07. The van der Waals surface area contributed by atoms with Crippen LogP contribution in [0.3, 0.4) is 0 Å². The van der Waals surface area contributed by atoms with E-state index in [0.29, 0.717) is 23.5 Å². The Hall–Kier alpha value is -1.82. The van der Waals surface area contributed by atoms with Gasteiger partial charge in [-0.15, -0.1) is 0 Å². The number of hydrogen-bond donors (Lipinski definition) is 1. The van der Waals surface area contributed by atoms with Crippen LogP contribution < -0.4 is 5.32 Å². The summed E-state index contributed by atoms with van der Waals surface area (Å²) in [5.74, 6) is 2.06. The Morgan fingerprint density at radius 1 is 1.17 bits per heavy atom. The molecule has 3 heterocycles. The maximum atomic E-state index is 5.32. The van der Waals surface area contributed by atoms with Crippen molar-refractivity contribution < 1.29 is 4.52 Å². The van der Waals surface area contributed by atoms with Gasteiger partial charge in [-0.2, -0.15) is 4.98 Å². The summed E-state index contributed by atoms with van der Waals surface area (Å²) in [5.41, 5.74) is 1.01. The predicted molar refractivity (Wildman–Crippen MR) is 64.9 cm³/mol. The van der Waals surface area contributed by atoms with Crippen LogP contribution >= 0.6 is 0 Å². The Bertz CT molecular complexity index is 516. The number of nitrogens with one attached hydrogen (secondary N) is 1. The molecule has 0 aromatic carbocycles. The summed E-state index contributed by atoms with van der Waals surface area (Å²) in [6.45, 7) is 3.95. The summed E-state index contributed by atoms with van der Waals surface area (Å²) in [6, 6.07) is 0. The molecule has 18 heavy (non-hydrogen) atoms. The fourth-order valence-electron chi connectivity index (χ4n) is 2.07. The summed E-state index contributed by atoms with van der Waals surface area (Å²) in [4.78, 5) is 12.8. The fraction of sp³-hybridized carbons (Fsp3) is 0.500. The molecule has 0 amide bonds. The third kappa shape index (κ3) is 2.24. The average molecular weight is 245 g/mol.